The van der Waals surface area contributed by atoms with Gasteiger partial charge in [-0.2, -0.15) is 0 Å². The highest BCUT2D eigenvalue weighted by Crippen LogP contribution is 2.32. The Labute approximate surface area is 257 Å². The van der Waals surface area contributed by atoms with E-state index >= 15 is 0 Å². The summed E-state index contributed by atoms with van der Waals surface area (Å²) >= 11 is 5.96. The Bertz CT molecular complexity index is 1820. The van der Waals surface area contributed by atoms with Crippen molar-refractivity contribution in [2.75, 3.05) is 12.4 Å². The molecule has 5 rings (SSSR count). The van der Waals surface area contributed by atoms with E-state index in [1.54, 1.807) is 37.3 Å². The number of nitrogens with zero attached hydrogens (tertiary/aromatic N) is 2. The van der Waals surface area contributed by atoms with E-state index in [0.29, 0.717) is 53.0 Å². The molecule has 0 fully saturated rings. The van der Waals surface area contributed by atoms with Gasteiger partial charge in [0.05, 0.1) is 36.0 Å². The summed E-state index contributed by atoms with van der Waals surface area (Å²) in [4.78, 5) is 58.6. The van der Waals surface area contributed by atoms with Crippen LogP contribution in [0, 0.1) is 18.7 Å². The number of amides is 2. The Morgan fingerprint density at radius 2 is 1.95 bits per heavy atom. The lowest BCUT2D eigenvalue weighted by molar-refractivity contribution is -0.139. The monoisotopic (exact) mass is 619 g/mol. The number of aromatic amines is 1. The predicted octanol–water partition coefficient (Wildman–Crippen LogP) is 5.27. The van der Waals surface area contributed by atoms with E-state index in [2.05, 4.69) is 20.6 Å². The fourth-order valence-corrected chi connectivity index (χ4v) is 5.47. The topological polar surface area (TPSA) is 135 Å². The van der Waals surface area contributed by atoms with E-state index in [-0.39, 0.29) is 34.6 Å². The van der Waals surface area contributed by atoms with Gasteiger partial charge in [0.25, 0.3) is 5.91 Å². The maximum atomic E-state index is 14.7. The quantitative estimate of drug-likeness (QED) is 0.260. The number of imidazole rings is 1. The van der Waals surface area contributed by atoms with Crippen molar-refractivity contribution >= 4 is 35.1 Å². The van der Waals surface area contributed by atoms with Crippen LogP contribution in [0.3, 0.4) is 0 Å². The zero-order valence-corrected chi connectivity index (χ0v) is 25.1. The van der Waals surface area contributed by atoms with Crippen molar-refractivity contribution in [1.82, 2.24) is 19.9 Å². The largest absolute Gasteiger partial charge is 0.469 e. The molecule has 0 spiro atoms. The van der Waals surface area contributed by atoms with Gasteiger partial charge in [0, 0.05) is 28.9 Å². The molecule has 0 saturated heterocycles. The summed E-state index contributed by atoms with van der Waals surface area (Å²) in [5.41, 5.74) is 2.92. The number of anilines is 1. The maximum Gasteiger partial charge on any atom is 0.309 e. The summed E-state index contributed by atoms with van der Waals surface area (Å²) in [5, 5.41) is 5.90. The van der Waals surface area contributed by atoms with Crippen LogP contribution >= 0.6 is 11.6 Å². The van der Waals surface area contributed by atoms with E-state index in [1.165, 1.54) is 36.2 Å². The van der Waals surface area contributed by atoms with Crippen molar-refractivity contribution in [3.63, 3.8) is 0 Å². The number of hydrogen-bond acceptors (Lipinski definition) is 6. The van der Waals surface area contributed by atoms with Crippen LogP contribution in [0.2, 0.25) is 5.02 Å². The number of benzene rings is 2. The molecule has 3 heterocycles. The van der Waals surface area contributed by atoms with Gasteiger partial charge in [0.2, 0.25) is 11.5 Å². The van der Waals surface area contributed by atoms with Crippen molar-refractivity contribution in [1.29, 1.82) is 0 Å². The molecule has 228 valence electrons. The molecule has 44 heavy (non-hydrogen) atoms. The molecule has 3 N–H and O–H groups in total. The molecule has 1 aliphatic rings. The molecule has 0 saturated carbocycles. The number of aromatic nitrogens is 3. The number of carbonyl (C=O) groups excluding carboxylic acids is 3. The zero-order chi connectivity index (χ0) is 31.5. The summed E-state index contributed by atoms with van der Waals surface area (Å²) in [6, 6.07) is 12.3. The Morgan fingerprint density at radius 3 is 2.73 bits per heavy atom. The highest BCUT2D eigenvalue weighted by atomic mass is 35.5. The third-order valence-corrected chi connectivity index (χ3v) is 8.06. The molecule has 2 amide bonds. The average molecular weight is 620 g/mol. The van der Waals surface area contributed by atoms with Crippen LogP contribution in [0.4, 0.5) is 10.1 Å². The van der Waals surface area contributed by atoms with Crippen LogP contribution < -0.4 is 16.2 Å². The van der Waals surface area contributed by atoms with Crippen molar-refractivity contribution in [3.8, 4) is 16.8 Å². The number of rotatable bonds is 5. The number of H-pyrrole nitrogens is 1. The lowest BCUT2D eigenvalue weighted by atomic mass is 9.94. The first-order valence-electron chi connectivity index (χ1n) is 14.1. The zero-order valence-electron chi connectivity index (χ0n) is 24.4. The Hall–Kier alpha value is -4.77. The SMILES string of the molecule is COC(=O)Cc1ccc2c(c1)NC(=O)[C@H](C)CCC[C@H](NC(=O)c1ncn(-c3cccc(Cl)c3F)c1C)c1cc-2cc(=O)[nH]1. The first-order chi connectivity index (χ1) is 21.0. The van der Waals surface area contributed by atoms with Gasteiger partial charge in [0.1, 0.15) is 12.0 Å². The van der Waals surface area contributed by atoms with Gasteiger partial charge >= 0.3 is 5.97 Å². The standard InChI is InChI=1S/C32H31ClFN5O5/c1-17-6-4-8-23(37-32(43)30-18(2)39(16-35-30)26-9-5-7-22(33)29(26)34)25-14-20(15-27(40)36-25)21-11-10-19(13-28(41)44-3)12-24(21)38-31(17)42/h5,7,9-12,14-17,23H,4,6,8,13H2,1-3H3,(H,36,40)(H,37,43)(H,38,42)/t17-,23+/m1/s1. The summed E-state index contributed by atoms with van der Waals surface area (Å²) in [6.45, 7) is 3.47. The number of carbonyl (C=O) groups is 3. The normalized spacial score (nSPS) is 16.6. The molecular formula is C32H31ClFN5O5. The molecule has 2 aromatic carbocycles. The first kappa shape index (κ1) is 30.7. The summed E-state index contributed by atoms with van der Waals surface area (Å²) in [6.07, 6.45) is 2.87. The van der Waals surface area contributed by atoms with E-state index in [1.807, 2.05) is 6.92 Å². The molecule has 4 aromatic rings. The number of nitrogens with one attached hydrogen (secondary N) is 3. The smallest absolute Gasteiger partial charge is 0.309 e. The second kappa shape index (κ2) is 12.8. The summed E-state index contributed by atoms with van der Waals surface area (Å²) < 4.78 is 21.0. The van der Waals surface area contributed by atoms with Crippen molar-refractivity contribution in [2.24, 2.45) is 5.92 Å². The Morgan fingerprint density at radius 1 is 1.16 bits per heavy atom. The van der Waals surface area contributed by atoms with E-state index < -0.39 is 29.3 Å². The second-order valence-corrected chi connectivity index (χ2v) is 11.2. The lowest BCUT2D eigenvalue weighted by Gasteiger charge is -2.22. The van der Waals surface area contributed by atoms with E-state index in [0.717, 1.165) is 0 Å². The number of pyridine rings is 1. The molecule has 2 atom stereocenters. The minimum atomic E-state index is -0.633. The first-order valence-corrected chi connectivity index (χ1v) is 14.5. The van der Waals surface area contributed by atoms with E-state index in [9.17, 15) is 23.6 Å². The average Bonchev–Trinajstić information content (AvgIpc) is 3.38. The molecule has 2 bridgehead atoms. The highest BCUT2D eigenvalue weighted by Gasteiger charge is 2.25. The van der Waals surface area contributed by atoms with Crippen molar-refractivity contribution in [3.05, 3.63) is 98.7 Å². The van der Waals surface area contributed by atoms with Gasteiger partial charge in [-0.05, 0) is 55.2 Å². The number of hydrogen-bond donors (Lipinski definition) is 3. The van der Waals surface area contributed by atoms with Gasteiger partial charge in [-0.1, -0.05) is 43.1 Å². The molecular weight excluding hydrogens is 589 g/mol. The maximum absolute atomic E-state index is 14.7. The Kier molecular flexibility index (Phi) is 8.96. The molecule has 2 aromatic heterocycles. The molecule has 10 nitrogen and oxygen atoms in total. The highest BCUT2D eigenvalue weighted by molar-refractivity contribution is 6.30. The second-order valence-electron chi connectivity index (χ2n) is 10.8. The number of esters is 1. The fraction of sp³-hybridized carbons (Fsp3) is 0.281. The minimum Gasteiger partial charge on any atom is -0.469 e. The van der Waals surface area contributed by atoms with E-state index in [4.69, 9.17) is 16.3 Å². The fourth-order valence-electron chi connectivity index (χ4n) is 5.30. The third-order valence-electron chi connectivity index (χ3n) is 7.76. The van der Waals surface area contributed by atoms with Gasteiger partial charge in [0.15, 0.2) is 5.82 Å². The number of methoxy groups -OCH3 is 1. The number of ether oxygens (including phenoxy) is 1. The third kappa shape index (κ3) is 6.42. The molecule has 12 heteroatoms. The summed E-state index contributed by atoms with van der Waals surface area (Å²) in [5.74, 6) is -2.13. The Balaban J connectivity index is 1.52. The number of halogens is 2. The predicted molar refractivity (Wildman–Crippen MR) is 163 cm³/mol. The van der Waals surface area contributed by atoms with Crippen LogP contribution in [0.5, 0.6) is 0 Å². The minimum absolute atomic E-state index is 0.0169. The van der Waals surface area contributed by atoms with Crippen LogP contribution in [-0.2, 0) is 20.7 Å². The van der Waals surface area contributed by atoms with Crippen molar-refractivity contribution in [2.45, 2.75) is 45.6 Å². The van der Waals surface area contributed by atoms with Crippen LogP contribution in [0.25, 0.3) is 16.8 Å². The molecule has 0 unspecified atom stereocenters. The molecule has 0 radical (unpaired) electrons. The van der Waals surface area contributed by atoms with Crippen LogP contribution in [-0.4, -0.2) is 39.4 Å². The molecule has 1 aliphatic heterocycles. The van der Waals surface area contributed by atoms with Gasteiger partial charge in [-0.3, -0.25) is 23.7 Å². The van der Waals surface area contributed by atoms with Crippen LogP contribution in [0.15, 0.2) is 59.7 Å². The van der Waals surface area contributed by atoms with Crippen molar-refractivity contribution < 1.29 is 23.5 Å². The summed E-state index contributed by atoms with van der Waals surface area (Å²) in [7, 11) is 1.30. The lowest BCUT2D eigenvalue weighted by Crippen LogP contribution is -2.31. The molecule has 0 aliphatic carbocycles. The van der Waals surface area contributed by atoms with Gasteiger partial charge < -0.3 is 20.4 Å². The van der Waals surface area contributed by atoms with Gasteiger partial charge in [-0.15, -0.1) is 0 Å². The number of fused-ring (bicyclic) bond motifs is 4. The van der Waals surface area contributed by atoms with Crippen LogP contribution in [0.1, 0.15) is 59.7 Å². The van der Waals surface area contributed by atoms with Gasteiger partial charge in [-0.25, -0.2) is 9.37 Å².